The van der Waals surface area contributed by atoms with Crippen molar-refractivity contribution >= 4 is 17.5 Å². The van der Waals surface area contributed by atoms with Crippen molar-refractivity contribution in [2.24, 2.45) is 0 Å². The lowest BCUT2D eigenvalue weighted by Crippen LogP contribution is -2.14. The molecule has 0 saturated heterocycles. The second-order valence-electron chi connectivity index (χ2n) is 7.91. The average Bonchev–Trinajstić information content (AvgIpc) is 3.35. The van der Waals surface area contributed by atoms with Crippen molar-refractivity contribution in [3.05, 3.63) is 59.8 Å². The maximum Gasteiger partial charge on any atom is 0.222 e. The Bertz CT molecular complexity index is 1300. The standard InChI is InChI=1S/C24H25N7O/c1-4-25-21-10-9-17(14-26-21)23-18-11-12-30-20(13-22(28-30)27-16(3)32)24(18)31(29-23)19-8-6-5-7-15(19)2/h5-10,13-14H,4,11-12H2,1-3H3,(H,25,26)(H,27,28,32). The zero-order valence-corrected chi connectivity index (χ0v) is 18.4. The Hall–Kier alpha value is -3.94. The number of rotatable bonds is 5. The summed E-state index contributed by atoms with van der Waals surface area (Å²) in [7, 11) is 0. The van der Waals surface area contributed by atoms with E-state index in [0.717, 1.165) is 64.8 Å². The number of benzene rings is 1. The first kappa shape index (κ1) is 20.0. The number of nitrogens with one attached hydrogen (secondary N) is 2. The van der Waals surface area contributed by atoms with Gasteiger partial charge in [-0.15, -0.1) is 0 Å². The summed E-state index contributed by atoms with van der Waals surface area (Å²) in [5.74, 6) is 1.26. The number of amides is 1. The molecule has 3 aromatic heterocycles. The smallest absolute Gasteiger partial charge is 0.222 e. The summed E-state index contributed by atoms with van der Waals surface area (Å²) < 4.78 is 3.95. The molecule has 1 aromatic carbocycles. The van der Waals surface area contributed by atoms with E-state index in [-0.39, 0.29) is 5.91 Å². The molecule has 0 saturated carbocycles. The quantitative estimate of drug-likeness (QED) is 0.501. The van der Waals surface area contributed by atoms with Gasteiger partial charge in [-0.05, 0) is 44.0 Å². The topological polar surface area (TPSA) is 89.7 Å². The number of aryl methyl sites for hydroxylation is 2. The van der Waals surface area contributed by atoms with Crippen LogP contribution >= 0.6 is 0 Å². The van der Waals surface area contributed by atoms with Crippen molar-refractivity contribution in [1.29, 1.82) is 0 Å². The van der Waals surface area contributed by atoms with Gasteiger partial charge >= 0.3 is 0 Å². The van der Waals surface area contributed by atoms with E-state index in [9.17, 15) is 4.79 Å². The van der Waals surface area contributed by atoms with Crippen LogP contribution < -0.4 is 10.6 Å². The molecule has 5 rings (SSSR count). The highest BCUT2D eigenvalue weighted by Gasteiger charge is 2.29. The molecule has 0 aliphatic carbocycles. The fourth-order valence-electron chi connectivity index (χ4n) is 4.21. The fourth-order valence-corrected chi connectivity index (χ4v) is 4.21. The van der Waals surface area contributed by atoms with Gasteiger partial charge in [0.1, 0.15) is 5.82 Å². The third-order valence-electron chi connectivity index (χ3n) is 5.62. The van der Waals surface area contributed by atoms with Gasteiger partial charge in [0.15, 0.2) is 5.82 Å². The highest BCUT2D eigenvalue weighted by molar-refractivity contribution is 5.88. The number of pyridine rings is 1. The van der Waals surface area contributed by atoms with Crippen molar-refractivity contribution < 1.29 is 4.79 Å². The van der Waals surface area contributed by atoms with Crippen molar-refractivity contribution in [2.45, 2.75) is 33.7 Å². The SMILES string of the molecule is CCNc1ccc(-c2nn(-c3ccccc3C)c3c2CCn2nc(NC(C)=O)cc2-3)cn1. The lowest BCUT2D eigenvalue weighted by molar-refractivity contribution is -0.114. The monoisotopic (exact) mass is 427 g/mol. The van der Waals surface area contributed by atoms with Crippen molar-refractivity contribution in [3.63, 3.8) is 0 Å². The molecule has 0 bridgehead atoms. The highest BCUT2D eigenvalue weighted by atomic mass is 16.1. The number of hydrogen-bond donors (Lipinski definition) is 2. The number of para-hydroxylation sites is 1. The first-order valence-corrected chi connectivity index (χ1v) is 10.8. The minimum Gasteiger partial charge on any atom is -0.370 e. The summed E-state index contributed by atoms with van der Waals surface area (Å²) in [4.78, 5) is 16.1. The molecule has 0 radical (unpaired) electrons. The molecule has 0 spiro atoms. The van der Waals surface area contributed by atoms with Crippen LogP contribution in [0.4, 0.5) is 11.6 Å². The number of aromatic nitrogens is 5. The zero-order valence-electron chi connectivity index (χ0n) is 18.4. The van der Waals surface area contributed by atoms with E-state index in [0.29, 0.717) is 5.82 Å². The van der Waals surface area contributed by atoms with E-state index in [2.05, 4.69) is 45.8 Å². The van der Waals surface area contributed by atoms with Crippen LogP contribution in [0.2, 0.25) is 0 Å². The van der Waals surface area contributed by atoms with Crippen LogP contribution in [0.25, 0.3) is 28.3 Å². The predicted octanol–water partition coefficient (Wildman–Crippen LogP) is 4.05. The van der Waals surface area contributed by atoms with Gasteiger partial charge in [0.05, 0.1) is 22.8 Å². The number of carbonyl (C=O) groups excluding carboxylic acids is 1. The van der Waals surface area contributed by atoms with E-state index < -0.39 is 0 Å². The normalized spacial score (nSPS) is 12.2. The summed E-state index contributed by atoms with van der Waals surface area (Å²) in [6.07, 6.45) is 2.66. The lowest BCUT2D eigenvalue weighted by Gasteiger charge is -2.17. The molecule has 4 heterocycles. The Labute approximate surface area is 186 Å². The van der Waals surface area contributed by atoms with Crippen molar-refractivity contribution in [2.75, 3.05) is 17.2 Å². The van der Waals surface area contributed by atoms with Crippen LogP contribution in [0.15, 0.2) is 48.7 Å². The molecule has 4 aromatic rings. The average molecular weight is 428 g/mol. The molecule has 162 valence electrons. The second-order valence-corrected chi connectivity index (χ2v) is 7.91. The van der Waals surface area contributed by atoms with E-state index >= 15 is 0 Å². The third kappa shape index (κ3) is 3.43. The van der Waals surface area contributed by atoms with Gasteiger partial charge in [-0.25, -0.2) is 9.67 Å². The van der Waals surface area contributed by atoms with Crippen LogP contribution in [0.1, 0.15) is 25.0 Å². The van der Waals surface area contributed by atoms with E-state index in [4.69, 9.17) is 5.10 Å². The third-order valence-corrected chi connectivity index (χ3v) is 5.62. The zero-order chi connectivity index (χ0) is 22.2. The van der Waals surface area contributed by atoms with Crippen LogP contribution in [0.3, 0.4) is 0 Å². The summed E-state index contributed by atoms with van der Waals surface area (Å²) in [6.45, 7) is 7.16. The first-order valence-electron chi connectivity index (χ1n) is 10.8. The maximum absolute atomic E-state index is 11.6. The highest BCUT2D eigenvalue weighted by Crippen LogP contribution is 2.39. The van der Waals surface area contributed by atoms with Gasteiger partial charge in [0, 0.05) is 43.4 Å². The minimum absolute atomic E-state index is 0.138. The van der Waals surface area contributed by atoms with Crippen LogP contribution in [-0.4, -0.2) is 37.0 Å². The van der Waals surface area contributed by atoms with Gasteiger partial charge in [-0.3, -0.25) is 9.48 Å². The molecule has 8 heteroatoms. The van der Waals surface area contributed by atoms with Gasteiger partial charge in [0.25, 0.3) is 0 Å². The number of anilines is 2. The maximum atomic E-state index is 11.6. The molecule has 8 nitrogen and oxygen atoms in total. The molecule has 0 unspecified atom stereocenters. The molecule has 0 fully saturated rings. The molecular formula is C24H25N7O. The Morgan fingerprint density at radius 1 is 1.12 bits per heavy atom. The van der Waals surface area contributed by atoms with Crippen LogP contribution in [0.5, 0.6) is 0 Å². The molecule has 1 aliphatic rings. The summed E-state index contributed by atoms with van der Waals surface area (Å²) in [5, 5.41) is 15.7. The number of nitrogens with zero attached hydrogens (tertiary/aromatic N) is 5. The number of hydrogen-bond acceptors (Lipinski definition) is 5. The van der Waals surface area contributed by atoms with Gasteiger partial charge in [-0.1, -0.05) is 18.2 Å². The van der Waals surface area contributed by atoms with E-state index in [1.165, 1.54) is 6.92 Å². The Kier molecular flexibility index (Phi) is 4.97. The second kappa shape index (κ2) is 7.96. The summed E-state index contributed by atoms with van der Waals surface area (Å²) in [6, 6.07) is 14.2. The summed E-state index contributed by atoms with van der Waals surface area (Å²) in [5.41, 5.74) is 7.15. The minimum atomic E-state index is -0.138. The lowest BCUT2D eigenvalue weighted by atomic mass is 10.00. The summed E-state index contributed by atoms with van der Waals surface area (Å²) >= 11 is 0. The number of fused-ring (bicyclic) bond motifs is 3. The molecule has 1 aliphatic heterocycles. The molecule has 1 amide bonds. The predicted molar refractivity (Wildman–Crippen MR) is 125 cm³/mol. The van der Waals surface area contributed by atoms with E-state index in [1.807, 2.05) is 46.7 Å². The van der Waals surface area contributed by atoms with Gasteiger partial charge in [-0.2, -0.15) is 10.2 Å². The van der Waals surface area contributed by atoms with Crippen molar-refractivity contribution in [1.82, 2.24) is 24.5 Å². The first-order chi connectivity index (χ1) is 15.5. The Morgan fingerprint density at radius 2 is 1.97 bits per heavy atom. The van der Waals surface area contributed by atoms with Crippen molar-refractivity contribution in [3.8, 4) is 28.3 Å². The largest absolute Gasteiger partial charge is 0.370 e. The molecule has 0 atom stereocenters. The van der Waals surface area contributed by atoms with E-state index in [1.54, 1.807) is 0 Å². The Morgan fingerprint density at radius 3 is 2.69 bits per heavy atom. The number of carbonyl (C=O) groups is 1. The Balaban J connectivity index is 1.70. The van der Waals surface area contributed by atoms with Crippen LogP contribution in [-0.2, 0) is 17.8 Å². The molecule has 2 N–H and O–H groups in total. The fraction of sp³-hybridized carbons (Fsp3) is 0.250. The molecule has 32 heavy (non-hydrogen) atoms. The van der Waals surface area contributed by atoms with Crippen LogP contribution in [0, 0.1) is 6.92 Å². The molecular weight excluding hydrogens is 402 g/mol. The van der Waals surface area contributed by atoms with Gasteiger partial charge < -0.3 is 10.6 Å². The van der Waals surface area contributed by atoms with Gasteiger partial charge in [0.2, 0.25) is 5.91 Å².